The van der Waals surface area contributed by atoms with Gasteiger partial charge in [-0.2, -0.15) is 4.98 Å². The van der Waals surface area contributed by atoms with Gasteiger partial charge in [0.05, 0.1) is 6.54 Å². The van der Waals surface area contributed by atoms with Crippen molar-refractivity contribution in [3.63, 3.8) is 0 Å². The lowest BCUT2D eigenvalue weighted by Gasteiger charge is -2.27. The van der Waals surface area contributed by atoms with Gasteiger partial charge in [0.2, 0.25) is 11.7 Å². The second-order valence-corrected chi connectivity index (χ2v) is 5.74. The molecule has 0 saturated carbocycles. The van der Waals surface area contributed by atoms with Crippen molar-refractivity contribution in [1.82, 2.24) is 20.1 Å². The van der Waals surface area contributed by atoms with E-state index in [2.05, 4.69) is 38.9 Å². The lowest BCUT2D eigenvalue weighted by atomic mass is 10.2. The number of rotatable bonds is 5. The van der Waals surface area contributed by atoms with Crippen molar-refractivity contribution in [1.29, 1.82) is 0 Å². The summed E-state index contributed by atoms with van der Waals surface area (Å²) in [7, 11) is 0. The van der Waals surface area contributed by atoms with Crippen LogP contribution in [0.2, 0.25) is 5.02 Å². The highest BCUT2D eigenvalue weighted by Gasteiger charge is 2.16. The average molecular weight is 330 g/mol. The predicted molar refractivity (Wildman–Crippen MR) is 88.1 cm³/mol. The number of halogens is 1. The predicted octanol–water partition coefficient (Wildman–Crippen LogP) is 3.60. The highest BCUT2D eigenvalue weighted by Crippen LogP contribution is 2.22. The van der Waals surface area contributed by atoms with Gasteiger partial charge in [0.15, 0.2) is 0 Å². The van der Waals surface area contributed by atoms with Crippen molar-refractivity contribution in [2.24, 2.45) is 0 Å². The molecule has 0 amide bonds. The van der Waals surface area contributed by atoms with E-state index in [1.807, 2.05) is 24.3 Å². The van der Waals surface area contributed by atoms with Crippen LogP contribution in [0.4, 0.5) is 5.69 Å². The van der Waals surface area contributed by atoms with Crippen molar-refractivity contribution >= 4 is 17.3 Å². The molecule has 6 nitrogen and oxygen atoms in total. The van der Waals surface area contributed by atoms with Crippen molar-refractivity contribution < 1.29 is 4.52 Å². The topological polar surface area (TPSA) is 67.9 Å². The summed E-state index contributed by atoms with van der Waals surface area (Å²) in [6, 6.07) is 9.70. The Labute approximate surface area is 139 Å². The molecule has 1 aromatic carbocycles. The molecule has 23 heavy (non-hydrogen) atoms. The first-order valence-corrected chi connectivity index (χ1v) is 7.62. The van der Waals surface area contributed by atoms with Crippen LogP contribution in [0, 0.1) is 0 Å². The number of aromatic nitrogens is 4. The normalized spacial score (nSPS) is 11.0. The van der Waals surface area contributed by atoms with E-state index in [4.69, 9.17) is 16.1 Å². The Kier molecular flexibility index (Phi) is 4.52. The van der Waals surface area contributed by atoms with Crippen LogP contribution in [-0.2, 0) is 6.54 Å². The smallest absolute Gasteiger partial charge is 0.246 e. The molecule has 0 aliphatic carbocycles. The second kappa shape index (κ2) is 6.75. The van der Waals surface area contributed by atoms with Crippen molar-refractivity contribution in [3.05, 3.63) is 53.8 Å². The Morgan fingerprint density at radius 3 is 2.61 bits per heavy atom. The van der Waals surface area contributed by atoms with E-state index in [1.165, 1.54) is 6.33 Å². The van der Waals surface area contributed by atoms with Gasteiger partial charge in [0, 0.05) is 22.9 Å². The van der Waals surface area contributed by atoms with Gasteiger partial charge in [0.1, 0.15) is 12.0 Å². The van der Waals surface area contributed by atoms with Gasteiger partial charge >= 0.3 is 0 Å². The van der Waals surface area contributed by atoms with Gasteiger partial charge in [-0.3, -0.25) is 0 Å². The van der Waals surface area contributed by atoms with Crippen LogP contribution >= 0.6 is 11.6 Å². The first-order chi connectivity index (χ1) is 11.1. The van der Waals surface area contributed by atoms with E-state index in [-0.39, 0.29) is 6.04 Å². The maximum atomic E-state index is 5.96. The third kappa shape index (κ3) is 3.65. The fourth-order valence-corrected chi connectivity index (χ4v) is 2.32. The van der Waals surface area contributed by atoms with E-state index in [0.717, 1.165) is 5.69 Å². The lowest BCUT2D eigenvalue weighted by Crippen LogP contribution is -2.30. The van der Waals surface area contributed by atoms with Gasteiger partial charge in [0.25, 0.3) is 0 Å². The summed E-state index contributed by atoms with van der Waals surface area (Å²) in [6.07, 6.45) is 3.10. The van der Waals surface area contributed by atoms with Crippen molar-refractivity contribution in [3.8, 4) is 11.5 Å². The minimum absolute atomic E-state index is 0.269. The van der Waals surface area contributed by atoms with Crippen LogP contribution < -0.4 is 4.90 Å². The summed E-state index contributed by atoms with van der Waals surface area (Å²) in [4.78, 5) is 14.6. The minimum Gasteiger partial charge on any atom is -0.360 e. The van der Waals surface area contributed by atoms with Crippen LogP contribution in [0.3, 0.4) is 0 Å². The van der Waals surface area contributed by atoms with E-state index < -0.39 is 0 Å². The molecule has 0 aliphatic heterocycles. The molecule has 0 aliphatic rings. The van der Waals surface area contributed by atoms with Crippen molar-refractivity contribution in [2.45, 2.75) is 26.4 Å². The summed E-state index contributed by atoms with van der Waals surface area (Å²) < 4.78 is 5.36. The minimum atomic E-state index is 0.269. The molecule has 0 bridgehead atoms. The van der Waals surface area contributed by atoms with Crippen LogP contribution in [0.1, 0.15) is 19.7 Å². The number of benzene rings is 1. The summed E-state index contributed by atoms with van der Waals surface area (Å²) in [5.74, 6) is 0.990. The number of hydrogen-bond acceptors (Lipinski definition) is 6. The second-order valence-electron chi connectivity index (χ2n) is 5.30. The maximum absolute atomic E-state index is 5.96. The monoisotopic (exact) mass is 329 g/mol. The highest BCUT2D eigenvalue weighted by molar-refractivity contribution is 6.30. The highest BCUT2D eigenvalue weighted by atomic mass is 35.5. The Balaban J connectivity index is 1.81. The number of hydrogen-bond donors (Lipinski definition) is 0. The first-order valence-electron chi connectivity index (χ1n) is 7.24. The Morgan fingerprint density at radius 2 is 1.96 bits per heavy atom. The molecule has 2 aromatic heterocycles. The standard InChI is InChI=1S/C16H16ClN5O/c1-11(2)22(13-5-3-12(17)4-6-13)9-15-20-16(21-23-15)14-7-8-18-10-19-14/h3-8,10-11H,9H2,1-2H3. The molecule has 0 spiro atoms. The van der Waals surface area contributed by atoms with E-state index in [0.29, 0.717) is 29.0 Å². The number of nitrogens with zero attached hydrogens (tertiary/aromatic N) is 5. The third-order valence-electron chi connectivity index (χ3n) is 3.37. The molecule has 3 aromatic rings. The molecule has 3 rings (SSSR count). The Hall–Kier alpha value is -2.47. The lowest BCUT2D eigenvalue weighted by molar-refractivity contribution is 0.373. The molecule has 0 fully saturated rings. The average Bonchev–Trinajstić information content (AvgIpc) is 3.03. The van der Waals surface area contributed by atoms with Crippen LogP contribution in [-0.4, -0.2) is 26.2 Å². The molecular formula is C16H16ClN5O. The van der Waals surface area contributed by atoms with Gasteiger partial charge < -0.3 is 9.42 Å². The molecule has 0 saturated heterocycles. The summed E-state index contributed by atoms with van der Waals surface area (Å²) >= 11 is 5.96. The van der Waals surface area contributed by atoms with Gasteiger partial charge in [-0.15, -0.1) is 0 Å². The van der Waals surface area contributed by atoms with E-state index in [9.17, 15) is 0 Å². The molecule has 7 heteroatoms. The van der Waals surface area contributed by atoms with Gasteiger partial charge in [-0.25, -0.2) is 9.97 Å². The molecule has 0 unspecified atom stereocenters. The van der Waals surface area contributed by atoms with Gasteiger partial charge in [-0.1, -0.05) is 16.8 Å². The van der Waals surface area contributed by atoms with Crippen LogP contribution in [0.15, 0.2) is 47.4 Å². The summed E-state index contributed by atoms with van der Waals surface area (Å²) in [5.41, 5.74) is 1.68. The quantitative estimate of drug-likeness (QED) is 0.712. The SMILES string of the molecule is CC(C)N(Cc1nc(-c2ccncn2)no1)c1ccc(Cl)cc1. The number of anilines is 1. The van der Waals surface area contributed by atoms with Crippen LogP contribution in [0.5, 0.6) is 0 Å². The molecule has 0 atom stereocenters. The van der Waals surface area contributed by atoms with E-state index in [1.54, 1.807) is 12.3 Å². The molecular weight excluding hydrogens is 314 g/mol. The summed E-state index contributed by atoms with van der Waals surface area (Å²) in [5, 5.41) is 4.69. The maximum Gasteiger partial charge on any atom is 0.246 e. The zero-order valence-electron chi connectivity index (χ0n) is 12.8. The Morgan fingerprint density at radius 1 is 1.17 bits per heavy atom. The fourth-order valence-electron chi connectivity index (χ4n) is 2.20. The van der Waals surface area contributed by atoms with Gasteiger partial charge in [-0.05, 0) is 44.2 Å². The molecule has 0 radical (unpaired) electrons. The largest absolute Gasteiger partial charge is 0.360 e. The van der Waals surface area contributed by atoms with E-state index >= 15 is 0 Å². The molecule has 2 heterocycles. The van der Waals surface area contributed by atoms with Crippen molar-refractivity contribution in [2.75, 3.05) is 4.90 Å². The first kappa shape index (κ1) is 15.4. The Bertz CT molecular complexity index is 758. The van der Waals surface area contributed by atoms with Crippen LogP contribution in [0.25, 0.3) is 11.5 Å². The zero-order chi connectivity index (χ0) is 16.2. The fraction of sp³-hybridized carbons (Fsp3) is 0.250. The zero-order valence-corrected chi connectivity index (χ0v) is 13.6. The summed E-state index contributed by atoms with van der Waals surface area (Å²) in [6.45, 7) is 4.73. The third-order valence-corrected chi connectivity index (χ3v) is 3.62. The molecule has 0 N–H and O–H groups in total. The molecule has 118 valence electrons.